The largest absolute Gasteiger partial charge is 0.573 e. The number of carbonyl (C=O) groups excluding carboxylic acids is 1. The Hall–Kier alpha value is -2.94. The summed E-state index contributed by atoms with van der Waals surface area (Å²) in [6.07, 6.45) is -2.26. The molecule has 2 aromatic rings. The number of hydrogen-bond donors (Lipinski definition) is 2. The second-order valence-corrected chi connectivity index (χ2v) is 7.19. The van der Waals surface area contributed by atoms with Gasteiger partial charge >= 0.3 is 12.4 Å². The summed E-state index contributed by atoms with van der Waals surface area (Å²) in [6, 6.07) is 13.2. The van der Waals surface area contributed by atoms with E-state index in [4.69, 9.17) is 4.74 Å². The molecule has 2 N–H and O–H groups in total. The molecule has 0 saturated carbocycles. The highest BCUT2D eigenvalue weighted by atomic mass is 19.4. The first-order valence-electron chi connectivity index (χ1n) is 10.2. The molecule has 0 radical (unpaired) electrons. The summed E-state index contributed by atoms with van der Waals surface area (Å²) < 4.78 is 46.2. The number of alkyl halides is 3. The van der Waals surface area contributed by atoms with Crippen LogP contribution in [0, 0.1) is 0 Å². The predicted octanol–water partition coefficient (Wildman–Crippen LogP) is 4.42. The van der Waals surface area contributed by atoms with E-state index in [1.54, 1.807) is 11.0 Å². The maximum atomic E-state index is 12.3. The summed E-state index contributed by atoms with van der Waals surface area (Å²) in [7, 11) is 0. The van der Waals surface area contributed by atoms with Crippen molar-refractivity contribution in [2.24, 2.45) is 0 Å². The smallest absolute Gasteiger partial charge is 0.493 e. The molecule has 0 atom stereocenters. The van der Waals surface area contributed by atoms with Crippen molar-refractivity contribution in [1.29, 1.82) is 0 Å². The number of aryl methyl sites for hydroxylation is 1. The number of nitrogens with one attached hydrogen (secondary N) is 2. The van der Waals surface area contributed by atoms with Gasteiger partial charge in [-0.25, -0.2) is 4.79 Å². The van der Waals surface area contributed by atoms with Crippen molar-refractivity contribution in [2.75, 3.05) is 38.1 Å². The predicted molar refractivity (Wildman–Crippen MR) is 111 cm³/mol. The molecule has 6 nitrogen and oxygen atoms in total. The van der Waals surface area contributed by atoms with E-state index in [0.29, 0.717) is 25.4 Å². The molecule has 1 aliphatic heterocycles. The van der Waals surface area contributed by atoms with Gasteiger partial charge in [-0.15, -0.1) is 13.2 Å². The summed E-state index contributed by atoms with van der Waals surface area (Å²) >= 11 is 0. The molecule has 9 heteroatoms. The van der Waals surface area contributed by atoms with Gasteiger partial charge in [-0.2, -0.15) is 0 Å². The van der Waals surface area contributed by atoms with Crippen molar-refractivity contribution in [2.45, 2.75) is 25.6 Å². The summed E-state index contributed by atoms with van der Waals surface area (Å²) in [5.41, 5.74) is 1.90. The second-order valence-electron chi connectivity index (χ2n) is 7.19. The topological polar surface area (TPSA) is 62.8 Å². The minimum absolute atomic E-state index is 0.0869. The minimum Gasteiger partial charge on any atom is -0.493 e. The lowest BCUT2D eigenvalue weighted by atomic mass is 10.1. The van der Waals surface area contributed by atoms with Gasteiger partial charge in [0, 0.05) is 37.9 Å². The van der Waals surface area contributed by atoms with Crippen molar-refractivity contribution in [3.63, 3.8) is 0 Å². The molecule has 0 spiro atoms. The molecule has 2 aromatic carbocycles. The van der Waals surface area contributed by atoms with Gasteiger partial charge in [-0.05, 0) is 49.1 Å². The van der Waals surface area contributed by atoms with Gasteiger partial charge in [0.2, 0.25) is 0 Å². The van der Waals surface area contributed by atoms with Crippen molar-refractivity contribution < 1.29 is 27.4 Å². The number of amides is 2. The first-order chi connectivity index (χ1) is 14.9. The number of piperazine rings is 1. The van der Waals surface area contributed by atoms with E-state index < -0.39 is 6.36 Å². The lowest BCUT2D eigenvalue weighted by Crippen LogP contribution is -2.48. The van der Waals surface area contributed by atoms with Crippen molar-refractivity contribution in [3.8, 4) is 11.5 Å². The van der Waals surface area contributed by atoms with Crippen LogP contribution in [0.4, 0.5) is 23.7 Å². The Kier molecular flexibility index (Phi) is 8.00. The maximum absolute atomic E-state index is 12.3. The normalized spacial score (nSPS) is 14.2. The van der Waals surface area contributed by atoms with Crippen LogP contribution in [0.3, 0.4) is 0 Å². The van der Waals surface area contributed by atoms with Crippen molar-refractivity contribution in [3.05, 3.63) is 54.1 Å². The number of rotatable bonds is 8. The fraction of sp³-hybridized carbons (Fsp3) is 0.409. The number of halogens is 3. The third-order valence-corrected chi connectivity index (χ3v) is 4.78. The standard InChI is InChI=1S/C22H26F3N3O3/c23-22(24,25)31-20-6-3-5-19(16-20)30-15-2-1-4-17-7-9-18(10-8-17)27-21(29)28-13-11-26-12-14-28/h3,5-10,16,26H,1-2,4,11-15H2,(H,27,29). The minimum atomic E-state index is -4.72. The molecule has 3 rings (SSSR count). The molecule has 1 aliphatic rings. The van der Waals surface area contributed by atoms with Gasteiger partial charge in [0.25, 0.3) is 0 Å². The molecule has 0 unspecified atom stereocenters. The van der Waals surface area contributed by atoms with Crippen LogP contribution in [0.25, 0.3) is 0 Å². The van der Waals surface area contributed by atoms with E-state index in [9.17, 15) is 18.0 Å². The van der Waals surface area contributed by atoms with E-state index in [2.05, 4.69) is 15.4 Å². The Morgan fingerprint density at radius 1 is 1.03 bits per heavy atom. The molecule has 2 amide bonds. The molecule has 1 saturated heterocycles. The summed E-state index contributed by atoms with van der Waals surface area (Å²) in [5.74, 6) is 0.0421. The van der Waals surface area contributed by atoms with E-state index in [1.165, 1.54) is 18.2 Å². The van der Waals surface area contributed by atoms with E-state index in [1.807, 2.05) is 24.3 Å². The van der Waals surface area contributed by atoms with Crippen LogP contribution in [0.15, 0.2) is 48.5 Å². The number of hydrogen-bond acceptors (Lipinski definition) is 4. The van der Waals surface area contributed by atoms with Gasteiger partial charge in [-0.1, -0.05) is 18.2 Å². The van der Waals surface area contributed by atoms with Crippen molar-refractivity contribution in [1.82, 2.24) is 10.2 Å². The number of ether oxygens (including phenoxy) is 2. The average Bonchev–Trinajstić information content (AvgIpc) is 2.74. The molecule has 0 aliphatic carbocycles. The zero-order chi connectivity index (χ0) is 22.1. The Morgan fingerprint density at radius 2 is 1.74 bits per heavy atom. The maximum Gasteiger partial charge on any atom is 0.573 e. The van der Waals surface area contributed by atoms with Crippen LogP contribution < -0.4 is 20.1 Å². The van der Waals surface area contributed by atoms with Gasteiger partial charge in [-0.3, -0.25) is 0 Å². The number of carbonyl (C=O) groups is 1. The monoisotopic (exact) mass is 437 g/mol. The van der Waals surface area contributed by atoms with E-state index >= 15 is 0 Å². The zero-order valence-electron chi connectivity index (χ0n) is 17.1. The third kappa shape index (κ3) is 8.01. The Morgan fingerprint density at radius 3 is 2.45 bits per heavy atom. The lowest BCUT2D eigenvalue weighted by Gasteiger charge is -2.27. The fourth-order valence-electron chi connectivity index (χ4n) is 3.21. The molecule has 168 valence electrons. The Balaban J connectivity index is 1.35. The number of nitrogens with zero attached hydrogens (tertiary/aromatic N) is 1. The van der Waals surface area contributed by atoms with Gasteiger partial charge < -0.3 is 25.0 Å². The third-order valence-electron chi connectivity index (χ3n) is 4.78. The summed E-state index contributed by atoms with van der Waals surface area (Å²) in [4.78, 5) is 14.0. The first kappa shape index (κ1) is 22.7. The van der Waals surface area contributed by atoms with Crippen LogP contribution in [-0.2, 0) is 6.42 Å². The number of urea groups is 1. The van der Waals surface area contributed by atoms with Crippen LogP contribution >= 0.6 is 0 Å². The van der Waals surface area contributed by atoms with Crippen LogP contribution in [0.1, 0.15) is 18.4 Å². The summed E-state index contributed by atoms with van der Waals surface area (Å²) in [6.45, 7) is 3.41. The van der Waals surface area contributed by atoms with E-state index in [-0.39, 0.29) is 11.8 Å². The highest BCUT2D eigenvalue weighted by Crippen LogP contribution is 2.26. The SMILES string of the molecule is O=C(Nc1ccc(CCCCOc2cccc(OC(F)(F)F)c2)cc1)N1CCNCC1. The molecule has 0 aromatic heterocycles. The lowest BCUT2D eigenvalue weighted by molar-refractivity contribution is -0.274. The summed E-state index contributed by atoms with van der Waals surface area (Å²) in [5, 5.41) is 6.12. The molecule has 1 heterocycles. The first-order valence-corrected chi connectivity index (χ1v) is 10.2. The second kappa shape index (κ2) is 10.9. The van der Waals surface area contributed by atoms with Gasteiger partial charge in [0.15, 0.2) is 0 Å². The highest BCUT2D eigenvalue weighted by molar-refractivity contribution is 5.89. The van der Waals surface area contributed by atoms with Gasteiger partial charge in [0.1, 0.15) is 11.5 Å². The quantitative estimate of drug-likeness (QED) is 0.600. The Bertz CT molecular complexity index is 838. The van der Waals surface area contributed by atoms with Crippen LogP contribution in [0.2, 0.25) is 0 Å². The molecule has 0 bridgehead atoms. The fourth-order valence-corrected chi connectivity index (χ4v) is 3.21. The van der Waals surface area contributed by atoms with Crippen molar-refractivity contribution >= 4 is 11.7 Å². The number of unbranched alkanes of at least 4 members (excludes halogenated alkanes) is 1. The molecular weight excluding hydrogens is 411 g/mol. The Labute approximate surface area is 179 Å². The van der Waals surface area contributed by atoms with Crippen LogP contribution in [0.5, 0.6) is 11.5 Å². The van der Waals surface area contributed by atoms with Gasteiger partial charge in [0.05, 0.1) is 6.61 Å². The number of benzene rings is 2. The molecule has 31 heavy (non-hydrogen) atoms. The van der Waals surface area contributed by atoms with Crippen LogP contribution in [-0.4, -0.2) is 50.1 Å². The highest BCUT2D eigenvalue weighted by Gasteiger charge is 2.31. The molecule has 1 fully saturated rings. The number of anilines is 1. The zero-order valence-corrected chi connectivity index (χ0v) is 17.1. The van der Waals surface area contributed by atoms with E-state index in [0.717, 1.165) is 43.6 Å². The molecular formula is C22H26F3N3O3. The average molecular weight is 437 g/mol.